The number of amides is 1. The lowest BCUT2D eigenvalue weighted by Crippen LogP contribution is -2.51. The molecule has 1 spiro atoms. The molecule has 1 amide bonds. The Hall–Kier alpha value is -1.36. The predicted octanol–water partition coefficient (Wildman–Crippen LogP) is 2.08. The van der Waals surface area contributed by atoms with Crippen LogP contribution in [-0.2, 0) is 18.3 Å². The van der Waals surface area contributed by atoms with Crippen molar-refractivity contribution in [1.82, 2.24) is 19.6 Å². The lowest BCUT2D eigenvalue weighted by atomic mass is 9.77. The summed E-state index contributed by atoms with van der Waals surface area (Å²) < 4.78 is 1.86. The van der Waals surface area contributed by atoms with Crippen molar-refractivity contribution >= 4 is 5.91 Å². The van der Waals surface area contributed by atoms with E-state index in [-0.39, 0.29) is 5.41 Å². The van der Waals surface area contributed by atoms with Crippen LogP contribution in [0, 0.1) is 11.3 Å². The fourth-order valence-corrected chi connectivity index (χ4v) is 4.73. The zero-order valence-electron chi connectivity index (χ0n) is 14.9. The number of piperidine rings is 1. The summed E-state index contributed by atoms with van der Waals surface area (Å²) in [7, 11) is 1.96. The van der Waals surface area contributed by atoms with Gasteiger partial charge in [0.2, 0.25) is 5.91 Å². The number of carbonyl (C=O) groups is 1. The molecule has 3 heterocycles. The van der Waals surface area contributed by atoms with Crippen molar-refractivity contribution < 1.29 is 4.79 Å². The van der Waals surface area contributed by atoms with Crippen LogP contribution in [0.2, 0.25) is 0 Å². The van der Waals surface area contributed by atoms with E-state index in [1.54, 1.807) is 0 Å². The van der Waals surface area contributed by atoms with E-state index in [2.05, 4.69) is 21.1 Å². The monoisotopic (exact) mass is 330 g/mol. The van der Waals surface area contributed by atoms with Gasteiger partial charge in [0.1, 0.15) is 0 Å². The molecule has 3 fully saturated rings. The standard InChI is InChI=1S/C19H30N4O/c1-21-13-17(12-20-21)6-10-22-11-8-19(15-22)7-3-9-23(18(19)24)14-16-4-2-5-16/h12-13,16H,2-11,14-15H2,1H3. The fourth-order valence-electron chi connectivity index (χ4n) is 4.73. The first kappa shape index (κ1) is 16.1. The molecule has 0 aromatic carbocycles. The van der Waals surface area contributed by atoms with Crippen molar-refractivity contribution in [2.24, 2.45) is 18.4 Å². The van der Waals surface area contributed by atoms with Gasteiger partial charge in [-0.05, 0) is 56.6 Å². The first-order chi connectivity index (χ1) is 11.6. The van der Waals surface area contributed by atoms with Gasteiger partial charge in [-0.1, -0.05) is 6.42 Å². The Morgan fingerprint density at radius 2 is 2.12 bits per heavy atom. The molecule has 2 aliphatic heterocycles. The summed E-state index contributed by atoms with van der Waals surface area (Å²) in [5, 5.41) is 4.25. The number of rotatable bonds is 5. The second-order valence-electron chi connectivity index (χ2n) is 8.23. The van der Waals surface area contributed by atoms with Gasteiger partial charge in [-0.25, -0.2) is 0 Å². The average molecular weight is 330 g/mol. The summed E-state index contributed by atoms with van der Waals surface area (Å²) in [6, 6.07) is 0. The Labute approximate surface area is 145 Å². The molecule has 4 rings (SSSR count). The van der Waals surface area contributed by atoms with Crippen molar-refractivity contribution in [3.63, 3.8) is 0 Å². The largest absolute Gasteiger partial charge is 0.342 e. The summed E-state index contributed by atoms with van der Waals surface area (Å²) >= 11 is 0. The summed E-state index contributed by atoms with van der Waals surface area (Å²) in [5.74, 6) is 1.25. The molecule has 1 saturated carbocycles. The molecule has 1 aliphatic carbocycles. The van der Waals surface area contributed by atoms with Crippen LogP contribution in [0.5, 0.6) is 0 Å². The van der Waals surface area contributed by atoms with Gasteiger partial charge in [-0.15, -0.1) is 0 Å². The molecule has 2 saturated heterocycles. The Morgan fingerprint density at radius 1 is 1.25 bits per heavy atom. The van der Waals surface area contributed by atoms with Crippen LogP contribution in [0.3, 0.4) is 0 Å². The number of aryl methyl sites for hydroxylation is 1. The maximum absolute atomic E-state index is 13.1. The van der Waals surface area contributed by atoms with Gasteiger partial charge >= 0.3 is 0 Å². The SMILES string of the molecule is Cn1cc(CCN2CCC3(CCCN(CC4CCC4)C3=O)C2)cn1. The third kappa shape index (κ3) is 3.10. The maximum atomic E-state index is 13.1. The van der Waals surface area contributed by atoms with E-state index < -0.39 is 0 Å². The molecule has 1 aromatic rings. The minimum absolute atomic E-state index is 0.0725. The van der Waals surface area contributed by atoms with E-state index in [9.17, 15) is 4.79 Å². The molecule has 3 aliphatic rings. The van der Waals surface area contributed by atoms with E-state index in [1.807, 2.05) is 17.9 Å². The van der Waals surface area contributed by atoms with Crippen LogP contribution in [0.25, 0.3) is 0 Å². The molecule has 0 bridgehead atoms. The fraction of sp³-hybridized carbons (Fsp3) is 0.789. The molecule has 5 heteroatoms. The van der Waals surface area contributed by atoms with Crippen LogP contribution in [-0.4, -0.2) is 58.2 Å². The van der Waals surface area contributed by atoms with Crippen LogP contribution < -0.4 is 0 Å². The number of carbonyl (C=O) groups excluding carboxylic acids is 1. The summed E-state index contributed by atoms with van der Waals surface area (Å²) in [6.07, 6.45) is 12.4. The van der Waals surface area contributed by atoms with Crippen molar-refractivity contribution in [2.45, 2.75) is 44.9 Å². The minimum Gasteiger partial charge on any atom is -0.342 e. The zero-order valence-corrected chi connectivity index (χ0v) is 14.9. The number of hydrogen-bond donors (Lipinski definition) is 0. The van der Waals surface area contributed by atoms with Crippen molar-refractivity contribution in [1.29, 1.82) is 0 Å². The topological polar surface area (TPSA) is 41.4 Å². The Morgan fingerprint density at radius 3 is 2.83 bits per heavy atom. The third-order valence-electron chi connectivity index (χ3n) is 6.44. The highest BCUT2D eigenvalue weighted by Gasteiger charge is 2.48. The number of likely N-dealkylation sites (tertiary alicyclic amines) is 2. The van der Waals surface area contributed by atoms with Crippen molar-refractivity contribution in [2.75, 3.05) is 32.7 Å². The highest BCUT2D eigenvalue weighted by atomic mass is 16.2. The van der Waals surface area contributed by atoms with Gasteiger partial charge in [-0.2, -0.15) is 5.10 Å². The van der Waals surface area contributed by atoms with Gasteiger partial charge in [0, 0.05) is 39.4 Å². The van der Waals surface area contributed by atoms with Gasteiger partial charge in [0.05, 0.1) is 11.6 Å². The first-order valence-electron chi connectivity index (χ1n) is 9.64. The minimum atomic E-state index is -0.0725. The molecule has 1 aromatic heterocycles. The maximum Gasteiger partial charge on any atom is 0.230 e. The van der Waals surface area contributed by atoms with Gasteiger partial charge < -0.3 is 9.80 Å². The predicted molar refractivity (Wildman–Crippen MR) is 93.6 cm³/mol. The second kappa shape index (κ2) is 6.51. The van der Waals surface area contributed by atoms with E-state index in [4.69, 9.17) is 0 Å². The van der Waals surface area contributed by atoms with E-state index in [1.165, 1.54) is 31.2 Å². The van der Waals surface area contributed by atoms with Gasteiger partial charge in [0.25, 0.3) is 0 Å². The highest BCUT2D eigenvalue weighted by molar-refractivity contribution is 5.84. The van der Waals surface area contributed by atoms with Crippen LogP contribution >= 0.6 is 0 Å². The molecule has 5 nitrogen and oxygen atoms in total. The van der Waals surface area contributed by atoms with E-state index >= 15 is 0 Å². The van der Waals surface area contributed by atoms with Crippen molar-refractivity contribution in [3.05, 3.63) is 18.0 Å². The normalized spacial score (nSPS) is 28.7. The average Bonchev–Trinajstić information content (AvgIpc) is 3.12. The molecular formula is C19H30N4O. The van der Waals surface area contributed by atoms with Gasteiger partial charge in [0.15, 0.2) is 0 Å². The zero-order chi connectivity index (χ0) is 16.6. The van der Waals surface area contributed by atoms with Crippen LogP contribution in [0.15, 0.2) is 12.4 Å². The van der Waals surface area contributed by atoms with E-state index in [0.29, 0.717) is 5.91 Å². The highest BCUT2D eigenvalue weighted by Crippen LogP contribution is 2.41. The summed E-state index contributed by atoms with van der Waals surface area (Å²) in [4.78, 5) is 17.8. The van der Waals surface area contributed by atoms with Crippen molar-refractivity contribution in [3.8, 4) is 0 Å². The molecule has 1 unspecified atom stereocenters. The second-order valence-corrected chi connectivity index (χ2v) is 8.23. The Bertz CT molecular complexity index is 594. The molecule has 132 valence electrons. The smallest absolute Gasteiger partial charge is 0.230 e. The summed E-state index contributed by atoms with van der Waals surface area (Å²) in [5.41, 5.74) is 1.22. The van der Waals surface area contributed by atoms with Gasteiger partial charge in [-0.3, -0.25) is 9.48 Å². The lowest BCUT2D eigenvalue weighted by Gasteiger charge is -2.42. The molecule has 0 N–H and O–H groups in total. The number of hydrogen-bond acceptors (Lipinski definition) is 3. The lowest BCUT2D eigenvalue weighted by molar-refractivity contribution is -0.146. The quantitative estimate of drug-likeness (QED) is 0.830. The van der Waals surface area contributed by atoms with Crippen LogP contribution in [0.4, 0.5) is 0 Å². The molecular weight excluding hydrogens is 300 g/mol. The molecule has 24 heavy (non-hydrogen) atoms. The Kier molecular flexibility index (Phi) is 4.37. The molecule has 1 atom stereocenters. The first-order valence-corrected chi connectivity index (χ1v) is 9.64. The number of aromatic nitrogens is 2. The van der Waals surface area contributed by atoms with Crippen LogP contribution in [0.1, 0.15) is 44.1 Å². The Balaban J connectivity index is 1.34. The third-order valence-corrected chi connectivity index (χ3v) is 6.44. The molecule has 0 radical (unpaired) electrons. The van der Waals surface area contributed by atoms with E-state index in [0.717, 1.165) is 57.9 Å². The summed E-state index contributed by atoms with van der Waals surface area (Å²) in [6.45, 7) is 5.10. The number of nitrogens with zero attached hydrogens (tertiary/aromatic N) is 4.